The molecular formula is C16H16N2O2S. The minimum Gasteiger partial charge on any atom is -0.446 e. The van der Waals surface area contributed by atoms with Crippen molar-refractivity contribution < 1.29 is 9.53 Å². The molecule has 0 bridgehead atoms. The molecule has 108 valence electrons. The zero-order valence-corrected chi connectivity index (χ0v) is 12.8. The normalized spacial score (nSPS) is 27.9. The van der Waals surface area contributed by atoms with Crippen molar-refractivity contribution in [2.75, 3.05) is 0 Å². The zero-order chi connectivity index (χ0) is 15.2. The summed E-state index contributed by atoms with van der Waals surface area (Å²) in [5.41, 5.74) is 0.453. The number of carbonyl (C=O) groups is 1. The van der Waals surface area contributed by atoms with E-state index in [9.17, 15) is 10.1 Å². The van der Waals surface area contributed by atoms with Crippen LogP contribution in [0.15, 0.2) is 28.8 Å². The molecule has 0 aromatic carbocycles. The van der Waals surface area contributed by atoms with Gasteiger partial charge in [-0.15, -0.1) is 11.3 Å². The van der Waals surface area contributed by atoms with Gasteiger partial charge < -0.3 is 4.74 Å². The molecule has 0 saturated carbocycles. The maximum Gasteiger partial charge on any atom is 0.205 e. The number of ether oxygens (including phenoxy) is 1. The summed E-state index contributed by atoms with van der Waals surface area (Å²) in [6.07, 6.45) is 1.10. The third kappa shape index (κ3) is 2.30. The van der Waals surface area contributed by atoms with Crippen LogP contribution < -0.4 is 0 Å². The van der Waals surface area contributed by atoms with Gasteiger partial charge in [0.1, 0.15) is 11.7 Å². The topological polar surface area (TPSA) is 73.9 Å². The molecule has 21 heavy (non-hydrogen) atoms. The predicted molar refractivity (Wildman–Crippen MR) is 80.0 cm³/mol. The summed E-state index contributed by atoms with van der Waals surface area (Å²) in [7, 11) is 0. The van der Waals surface area contributed by atoms with Gasteiger partial charge in [-0.05, 0) is 16.9 Å². The van der Waals surface area contributed by atoms with Gasteiger partial charge >= 0.3 is 0 Å². The molecule has 3 rings (SSSR count). The molecule has 1 N–H and O–H groups in total. The fraction of sp³-hybridized carbons (Fsp3) is 0.438. The van der Waals surface area contributed by atoms with Gasteiger partial charge in [0.05, 0.1) is 6.07 Å². The lowest BCUT2D eigenvalue weighted by Gasteiger charge is -2.38. The Labute approximate surface area is 127 Å². The van der Waals surface area contributed by atoms with Gasteiger partial charge in [0, 0.05) is 29.2 Å². The van der Waals surface area contributed by atoms with Gasteiger partial charge in [-0.3, -0.25) is 10.2 Å². The molecule has 4 nitrogen and oxygen atoms in total. The Morgan fingerprint density at radius 3 is 2.86 bits per heavy atom. The molecule has 1 aromatic rings. The fourth-order valence-electron chi connectivity index (χ4n) is 3.14. The number of hydrogen-bond donors (Lipinski definition) is 1. The van der Waals surface area contributed by atoms with E-state index in [1.54, 1.807) is 0 Å². The molecule has 0 radical (unpaired) electrons. The summed E-state index contributed by atoms with van der Waals surface area (Å²) < 4.78 is 5.55. The maximum atomic E-state index is 12.6. The first-order valence-electron chi connectivity index (χ1n) is 6.88. The highest BCUT2D eigenvalue weighted by molar-refractivity contribution is 7.10. The molecule has 2 heterocycles. The molecule has 0 spiro atoms. The zero-order valence-electron chi connectivity index (χ0n) is 12.0. The summed E-state index contributed by atoms with van der Waals surface area (Å²) in [5.74, 6) is -0.471. The number of allylic oxidation sites excluding steroid dienone is 2. The van der Waals surface area contributed by atoms with Crippen LogP contribution >= 0.6 is 11.3 Å². The molecule has 0 fully saturated rings. The second kappa shape index (κ2) is 4.81. The van der Waals surface area contributed by atoms with Crippen molar-refractivity contribution in [3.8, 4) is 6.07 Å². The van der Waals surface area contributed by atoms with Crippen LogP contribution in [0, 0.1) is 28.1 Å². The molecule has 1 aliphatic heterocycles. The number of hydrogen-bond acceptors (Lipinski definition) is 5. The van der Waals surface area contributed by atoms with Crippen molar-refractivity contribution in [2.24, 2.45) is 11.3 Å². The van der Waals surface area contributed by atoms with E-state index < -0.39 is 5.92 Å². The van der Waals surface area contributed by atoms with Crippen LogP contribution in [0.4, 0.5) is 0 Å². The van der Waals surface area contributed by atoms with Gasteiger partial charge in [-0.2, -0.15) is 5.26 Å². The second-order valence-electron chi connectivity index (χ2n) is 6.34. The van der Waals surface area contributed by atoms with Crippen molar-refractivity contribution in [2.45, 2.75) is 32.6 Å². The number of Topliss-reactive ketones (excluding diaryl/α,β-unsaturated/α-hetero) is 1. The first-order chi connectivity index (χ1) is 9.93. The van der Waals surface area contributed by atoms with Crippen LogP contribution in [0.25, 0.3) is 0 Å². The van der Waals surface area contributed by atoms with E-state index in [-0.39, 0.29) is 23.0 Å². The van der Waals surface area contributed by atoms with Crippen molar-refractivity contribution in [3.63, 3.8) is 0 Å². The summed E-state index contributed by atoms with van der Waals surface area (Å²) in [6, 6.07) is 5.97. The molecule has 1 aromatic heterocycles. The SMILES string of the molecule is CC1(C)CC(=O)C2=C(C1)OC(=N)C(C#N)C2c1cccs1. The monoisotopic (exact) mass is 300 g/mol. The van der Waals surface area contributed by atoms with E-state index in [2.05, 4.69) is 6.07 Å². The number of ketones is 1. The highest BCUT2D eigenvalue weighted by atomic mass is 32.1. The van der Waals surface area contributed by atoms with Gasteiger partial charge in [-0.1, -0.05) is 19.9 Å². The van der Waals surface area contributed by atoms with E-state index in [1.807, 2.05) is 31.4 Å². The molecule has 2 unspecified atom stereocenters. The van der Waals surface area contributed by atoms with E-state index in [0.29, 0.717) is 24.2 Å². The minimum absolute atomic E-state index is 0.0415. The first kappa shape index (κ1) is 14.0. The Morgan fingerprint density at radius 2 is 2.24 bits per heavy atom. The van der Waals surface area contributed by atoms with E-state index in [4.69, 9.17) is 10.1 Å². The van der Waals surface area contributed by atoms with Crippen molar-refractivity contribution in [1.29, 1.82) is 10.7 Å². The first-order valence-corrected chi connectivity index (χ1v) is 7.76. The average molecular weight is 300 g/mol. The fourth-order valence-corrected chi connectivity index (χ4v) is 4.01. The minimum atomic E-state index is -0.715. The Morgan fingerprint density at radius 1 is 1.48 bits per heavy atom. The Balaban J connectivity index is 2.16. The summed E-state index contributed by atoms with van der Waals surface area (Å²) in [4.78, 5) is 13.6. The van der Waals surface area contributed by atoms with Gasteiger partial charge in [-0.25, -0.2) is 0 Å². The second-order valence-corrected chi connectivity index (χ2v) is 7.32. The lowest BCUT2D eigenvalue weighted by molar-refractivity contribution is -0.119. The third-order valence-corrected chi connectivity index (χ3v) is 4.98. The van der Waals surface area contributed by atoms with Gasteiger partial charge in [0.25, 0.3) is 0 Å². The van der Waals surface area contributed by atoms with Gasteiger partial charge in [0.15, 0.2) is 5.78 Å². The molecule has 2 atom stereocenters. The number of carbonyl (C=O) groups excluding carboxylic acids is 1. The van der Waals surface area contributed by atoms with Crippen LogP contribution in [-0.2, 0) is 9.53 Å². The number of nitrogens with one attached hydrogen (secondary N) is 1. The lowest BCUT2D eigenvalue weighted by atomic mass is 9.70. The molecule has 5 heteroatoms. The van der Waals surface area contributed by atoms with E-state index in [1.165, 1.54) is 11.3 Å². The summed E-state index contributed by atoms with van der Waals surface area (Å²) in [5, 5.41) is 19.4. The Hall–Kier alpha value is -1.93. The molecule has 0 amide bonds. The van der Waals surface area contributed by atoms with Crippen molar-refractivity contribution in [1.82, 2.24) is 0 Å². The van der Waals surface area contributed by atoms with Crippen molar-refractivity contribution in [3.05, 3.63) is 33.7 Å². The third-order valence-electron chi connectivity index (χ3n) is 4.03. The molecule has 2 aliphatic rings. The number of nitriles is 1. The molecule has 0 saturated heterocycles. The molecule has 1 aliphatic carbocycles. The maximum absolute atomic E-state index is 12.6. The van der Waals surface area contributed by atoms with Crippen LogP contribution in [0.5, 0.6) is 0 Å². The predicted octanol–water partition coefficient (Wildman–Crippen LogP) is 3.62. The van der Waals surface area contributed by atoms with Crippen LogP contribution in [0.3, 0.4) is 0 Å². The van der Waals surface area contributed by atoms with E-state index >= 15 is 0 Å². The highest BCUT2D eigenvalue weighted by Gasteiger charge is 2.46. The van der Waals surface area contributed by atoms with Gasteiger partial charge in [0.2, 0.25) is 5.90 Å². The quantitative estimate of drug-likeness (QED) is 0.860. The average Bonchev–Trinajstić information content (AvgIpc) is 2.88. The van der Waals surface area contributed by atoms with E-state index in [0.717, 1.165) is 4.88 Å². The largest absolute Gasteiger partial charge is 0.446 e. The lowest BCUT2D eigenvalue weighted by Crippen LogP contribution is -2.38. The standard InChI is InChI=1S/C16H16N2O2S/c1-16(2)6-10(19)14-11(7-16)20-15(18)9(8-17)13(14)12-4-3-5-21-12/h3-5,9,13,18H,6-7H2,1-2H3. The number of thiophene rings is 1. The highest BCUT2D eigenvalue weighted by Crippen LogP contribution is 2.48. The smallest absolute Gasteiger partial charge is 0.205 e. The van der Waals surface area contributed by atoms with Crippen molar-refractivity contribution >= 4 is 23.0 Å². The summed E-state index contributed by atoms with van der Waals surface area (Å²) in [6.45, 7) is 4.05. The summed E-state index contributed by atoms with van der Waals surface area (Å²) >= 11 is 1.52. The Kier molecular flexibility index (Phi) is 3.22. The Bertz CT molecular complexity index is 680. The number of nitrogens with zero attached hydrogens (tertiary/aromatic N) is 1. The van der Waals surface area contributed by atoms with Crippen LogP contribution in [0.2, 0.25) is 0 Å². The van der Waals surface area contributed by atoms with Crippen LogP contribution in [-0.4, -0.2) is 11.7 Å². The van der Waals surface area contributed by atoms with Crippen LogP contribution in [0.1, 0.15) is 37.5 Å². The molecular weight excluding hydrogens is 284 g/mol. The number of rotatable bonds is 1.